The van der Waals surface area contributed by atoms with Gasteiger partial charge < -0.3 is 0 Å². The lowest BCUT2D eigenvalue weighted by Gasteiger charge is -2.50. The largest absolute Gasteiger partial charge is 0.0693 e. The van der Waals surface area contributed by atoms with E-state index in [2.05, 4.69) is 40.4 Å². The lowest BCUT2D eigenvalue weighted by atomic mass is 9.67. The topological polar surface area (TPSA) is 0 Å². The van der Waals surface area contributed by atoms with Gasteiger partial charge in [0.25, 0.3) is 0 Å². The van der Waals surface area contributed by atoms with Gasteiger partial charge in [-0.05, 0) is 29.7 Å². The van der Waals surface area contributed by atoms with Crippen molar-refractivity contribution >= 4 is 8.07 Å². The summed E-state index contributed by atoms with van der Waals surface area (Å²) in [5.74, 6) is 0.872. The van der Waals surface area contributed by atoms with E-state index in [9.17, 15) is 0 Å². The van der Waals surface area contributed by atoms with Gasteiger partial charge in [-0.3, -0.25) is 0 Å². The Hall–Kier alpha value is 0.217. The van der Waals surface area contributed by atoms with E-state index in [0.717, 1.165) is 11.5 Å². The molecule has 0 heterocycles. The molecule has 0 aliphatic heterocycles. The smallest absolute Gasteiger partial charge is 0.0479 e. The van der Waals surface area contributed by atoms with Crippen molar-refractivity contribution in [2.24, 2.45) is 11.3 Å². The van der Waals surface area contributed by atoms with Crippen LogP contribution in [0.5, 0.6) is 0 Å². The van der Waals surface area contributed by atoms with Crippen molar-refractivity contribution in [2.45, 2.75) is 84.5 Å². The Labute approximate surface area is 104 Å². The van der Waals surface area contributed by atoms with E-state index >= 15 is 0 Å². The van der Waals surface area contributed by atoms with Crippen molar-refractivity contribution in [1.29, 1.82) is 0 Å². The lowest BCUT2D eigenvalue weighted by Crippen LogP contribution is -2.43. The van der Waals surface area contributed by atoms with E-state index in [4.69, 9.17) is 0 Å². The summed E-state index contributed by atoms with van der Waals surface area (Å²) in [5, 5.41) is 0. The van der Waals surface area contributed by atoms with Gasteiger partial charge in [-0.25, -0.2) is 0 Å². The molecule has 1 aliphatic rings. The molecule has 0 spiro atoms. The molecule has 0 amide bonds. The maximum atomic E-state index is 2.59. The molecule has 0 saturated heterocycles. The van der Waals surface area contributed by atoms with Crippen LogP contribution >= 0.6 is 0 Å². The highest BCUT2D eigenvalue weighted by Crippen LogP contribution is 2.55. The molecule has 1 rings (SSSR count). The normalized spacial score (nSPS) is 32.1. The standard InChI is InChI=1S/C15H32Si/c1-7-15(12-13(2)3)11-9-8-10-14(15)16(4,5)6/h13-14H,7-12H2,1-6H3. The minimum atomic E-state index is -0.980. The van der Waals surface area contributed by atoms with Gasteiger partial charge in [0.05, 0.1) is 0 Å². The summed E-state index contributed by atoms with van der Waals surface area (Å²) < 4.78 is 0. The maximum Gasteiger partial charge on any atom is 0.0479 e. The average molecular weight is 241 g/mol. The van der Waals surface area contributed by atoms with E-state index in [0.29, 0.717) is 5.41 Å². The molecule has 0 aromatic rings. The summed E-state index contributed by atoms with van der Waals surface area (Å²) in [6.45, 7) is 15.0. The Balaban J connectivity index is 2.92. The highest BCUT2D eigenvalue weighted by molar-refractivity contribution is 6.77. The Kier molecular flexibility index (Phi) is 4.68. The van der Waals surface area contributed by atoms with Gasteiger partial charge in [-0.2, -0.15) is 0 Å². The van der Waals surface area contributed by atoms with Crippen LogP contribution in [0.1, 0.15) is 59.3 Å². The van der Waals surface area contributed by atoms with Crippen LogP contribution in [0.3, 0.4) is 0 Å². The van der Waals surface area contributed by atoms with Crippen LogP contribution in [-0.4, -0.2) is 8.07 Å². The van der Waals surface area contributed by atoms with E-state index in [1.54, 1.807) is 0 Å². The first kappa shape index (κ1) is 14.3. The second kappa shape index (κ2) is 5.24. The van der Waals surface area contributed by atoms with Crippen LogP contribution in [-0.2, 0) is 0 Å². The van der Waals surface area contributed by atoms with Crippen molar-refractivity contribution in [3.05, 3.63) is 0 Å². The van der Waals surface area contributed by atoms with Crippen LogP contribution in [0.4, 0.5) is 0 Å². The van der Waals surface area contributed by atoms with Crippen molar-refractivity contribution in [1.82, 2.24) is 0 Å². The van der Waals surface area contributed by atoms with E-state index in [1.807, 2.05) is 0 Å². The molecule has 2 unspecified atom stereocenters. The summed E-state index contributed by atoms with van der Waals surface area (Å²) in [4.78, 5) is 0. The highest BCUT2D eigenvalue weighted by Gasteiger charge is 2.45. The molecular formula is C15H32Si. The fourth-order valence-electron chi connectivity index (χ4n) is 4.28. The molecule has 0 N–H and O–H groups in total. The monoisotopic (exact) mass is 240 g/mol. The molecule has 0 bridgehead atoms. The van der Waals surface area contributed by atoms with Gasteiger partial charge in [0.2, 0.25) is 0 Å². The molecule has 1 aliphatic carbocycles. The highest BCUT2D eigenvalue weighted by atomic mass is 28.3. The fraction of sp³-hybridized carbons (Fsp3) is 1.00. The molecule has 1 heteroatoms. The molecule has 1 fully saturated rings. The molecule has 96 valence electrons. The zero-order valence-electron chi connectivity index (χ0n) is 12.4. The minimum Gasteiger partial charge on any atom is -0.0693 e. The molecule has 0 aromatic heterocycles. The molecule has 1 saturated carbocycles. The van der Waals surface area contributed by atoms with Crippen molar-refractivity contribution in [2.75, 3.05) is 0 Å². The first-order chi connectivity index (χ1) is 7.32. The molecule has 0 radical (unpaired) electrons. The predicted octanol–water partition coefficient (Wildman–Crippen LogP) is 5.71. The molecular weight excluding hydrogens is 208 g/mol. The van der Waals surface area contributed by atoms with Crippen LogP contribution in [0.15, 0.2) is 0 Å². The van der Waals surface area contributed by atoms with Crippen LogP contribution in [0, 0.1) is 11.3 Å². The predicted molar refractivity (Wildman–Crippen MR) is 77.7 cm³/mol. The van der Waals surface area contributed by atoms with Gasteiger partial charge in [0.1, 0.15) is 0 Å². The van der Waals surface area contributed by atoms with Crippen LogP contribution in [0.2, 0.25) is 25.2 Å². The summed E-state index contributed by atoms with van der Waals surface area (Å²) >= 11 is 0. The minimum absolute atomic E-state index is 0.705. The van der Waals surface area contributed by atoms with Gasteiger partial charge >= 0.3 is 0 Å². The van der Waals surface area contributed by atoms with Crippen LogP contribution in [0.25, 0.3) is 0 Å². The van der Waals surface area contributed by atoms with Gasteiger partial charge in [0.15, 0.2) is 0 Å². The fourth-order valence-corrected chi connectivity index (χ4v) is 7.66. The first-order valence-electron chi connectivity index (χ1n) is 7.32. The third-order valence-corrected chi connectivity index (χ3v) is 7.71. The Morgan fingerprint density at radius 3 is 2.25 bits per heavy atom. The average Bonchev–Trinajstić information content (AvgIpc) is 2.15. The zero-order chi connectivity index (χ0) is 12.4. The van der Waals surface area contributed by atoms with E-state index in [-0.39, 0.29) is 0 Å². The Morgan fingerprint density at radius 2 is 1.81 bits per heavy atom. The number of hydrogen-bond donors (Lipinski definition) is 0. The van der Waals surface area contributed by atoms with E-state index in [1.165, 1.54) is 38.5 Å². The van der Waals surface area contributed by atoms with E-state index < -0.39 is 8.07 Å². The van der Waals surface area contributed by atoms with Crippen molar-refractivity contribution < 1.29 is 0 Å². The summed E-state index contributed by atoms with van der Waals surface area (Å²) in [6, 6.07) is 0. The summed E-state index contributed by atoms with van der Waals surface area (Å²) in [7, 11) is -0.980. The Morgan fingerprint density at radius 1 is 1.19 bits per heavy atom. The third-order valence-electron chi connectivity index (χ3n) is 4.72. The van der Waals surface area contributed by atoms with Crippen molar-refractivity contribution in [3.8, 4) is 0 Å². The SMILES string of the molecule is CCC1(CC(C)C)CCCCC1[Si](C)(C)C. The van der Waals surface area contributed by atoms with Gasteiger partial charge in [-0.15, -0.1) is 0 Å². The van der Waals surface area contributed by atoms with Crippen LogP contribution < -0.4 is 0 Å². The first-order valence-corrected chi connectivity index (χ1v) is 10.9. The second-order valence-corrected chi connectivity index (χ2v) is 12.9. The van der Waals surface area contributed by atoms with Gasteiger partial charge in [-0.1, -0.05) is 66.1 Å². The maximum absolute atomic E-state index is 2.59. The summed E-state index contributed by atoms with van der Waals surface area (Å²) in [5.41, 5.74) is 1.78. The van der Waals surface area contributed by atoms with Crippen molar-refractivity contribution in [3.63, 3.8) is 0 Å². The summed E-state index contributed by atoms with van der Waals surface area (Å²) in [6.07, 6.45) is 8.90. The molecule has 2 atom stereocenters. The zero-order valence-corrected chi connectivity index (χ0v) is 13.4. The number of hydrogen-bond acceptors (Lipinski definition) is 0. The molecule has 0 nitrogen and oxygen atoms in total. The third kappa shape index (κ3) is 3.12. The number of rotatable bonds is 4. The second-order valence-electron chi connectivity index (χ2n) is 7.48. The molecule has 0 aromatic carbocycles. The van der Waals surface area contributed by atoms with Gasteiger partial charge in [0, 0.05) is 8.07 Å². The molecule has 16 heavy (non-hydrogen) atoms. The Bertz CT molecular complexity index is 214. The quantitative estimate of drug-likeness (QED) is 0.552. The lowest BCUT2D eigenvalue weighted by molar-refractivity contribution is 0.139.